The monoisotopic (exact) mass is 366 g/mol. The molecule has 1 aliphatic carbocycles. The summed E-state index contributed by atoms with van der Waals surface area (Å²) in [5.74, 6) is 0.822. The average molecular weight is 367 g/mol. The van der Waals surface area contributed by atoms with E-state index in [0.29, 0.717) is 6.04 Å². The maximum atomic E-state index is 10.4. The van der Waals surface area contributed by atoms with Crippen molar-refractivity contribution in [3.8, 4) is 5.75 Å². The van der Waals surface area contributed by atoms with Gasteiger partial charge in [-0.3, -0.25) is 4.90 Å². The Morgan fingerprint density at radius 1 is 1.07 bits per heavy atom. The number of hydrogen-bond acceptors (Lipinski definition) is 4. The van der Waals surface area contributed by atoms with Gasteiger partial charge < -0.3 is 15.2 Å². The van der Waals surface area contributed by atoms with Gasteiger partial charge in [0.15, 0.2) is 6.23 Å². The summed E-state index contributed by atoms with van der Waals surface area (Å²) in [5.41, 5.74) is 3.87. The van der Waals surface area contributed by atoms with Gasteiger partial charge in [0.05, 0.1) is 0 Å². The van der Waals surface area contributed by atoms with Crippen molar-refractivity contribution >= 4 is 0 Å². The van der Waals surface area contributed by atoms with Crippen molar-refractivity contribution < 1.29 is 9.84 Å². The topological polar surface area (TPSA) is 44.7 Å². The van der Waals surface area contributed by atoms with Crippen LogP contribution in [0.3, 0.4) is 0 Å². The maximum absolute atomic E-state index is 10.4. The minimum absolute atomic E-state index is 0.351. The molecule has 1 fully saturated rings. The Labute approximate surface area is 162 Å². The molecule has 4 rings (SSSR count). The molecule has 1 saturated carbocycles. The number of aliphatic hydroxyl groups is 1. The number of benzene rings is 2. The van der Waals surface area contributed by atoms with Crippen LogP contribution in [0.15, 0.2) is 48.5 Å². The standard InChI is InChI=1S/C23H30N2O2/c1-17(26)23(25-15-19-8-2-3-9-20(19)16-25)27-22-12-6-7-18(13-22)14-24-21-10-4-5-11-21/h2-3,6-9,12-13,17,21,23-24,26H,4-5,10-11,14-16H2,1H3. The number of ether oxygens (including phenoxy) is 1. The lowest BCUT2D eigenvalue weighted by Gasteiger charge is -2.30. The van der Waals surface area contributed by atoms with Crippen LogP contribution in [0.1, 0.15) is 49.3 Å². The van der Waals surface area contributed by atoms with E-state index < -0.39 is 6.10 Å². The van der Waals surface area contributed by atoms with Gasteiger partial charge in [-0.2, -0.15) is 0 Å². The van der Waals surface area contributed by atoms with Crippen LogP contribution in [-0.2, 0) is 19.6 Å². The molecule has 2 aromatic rings. The Bertz CT molecular complexity index is 731. The molecule has 0 bridgehead atoms. The summed E-state index contributed by atoms with van der Waals surface area (Å²) in [6, 6.07) is 17.4. The lowest BCUT2D eigenvalue weighted by Crippen LogP contribution is -2.43. The third kappa shape index (κ3) is 4.52. The van der Waals surface area contributed by atoms with Gasteiger partial charge in [-0.1, -0.05) is 49.2 Å². The van der Waals surface area contributed by atoms with Crippen LogP contribution in [0.5, 0.6) is 5.75 Å². The fraction of sp³-hybridized carbons (Fsp3) is 0.478. The molecule has 1 heterocycles. The van der Waals surface area contributed by atoms with Gasteiger partial charge in [0.2, 0.25) is 0 Å². The fourth-order valence-corrected chi connectivity index (χ4v) is 4.28. The molecule has 0 aromatic heterocycles. The molecule has 0 saturated heterocycles. The van der Waals surface area contributed by atoms with E-state index in [9.17, 15) is 5.11 Å². The van der Waals surface area contributed by atoms with E-state index in [1.807, 2.05) is 12.1 Å². The summed E-state index contributed by atoms with van der Waals surface area (Å²) in [5, 5.41) is 14.0. The molecule has 27 heavy (non-hydrogen) atoms. The molecule has 2 aromatic carbocycles. The molecule has 2 unspecified atom stereocenters. The first kappa shape index (κ1) is 18.5. The summed E-state index contributed by atoms with van der Waals surface area (Å²) in [4.78, 5) is 2.21. The van der Waals surface area contributed by atoms with Gasteiger partial charge in [-0.05, 0) is 48.6 Å². The van der Waals surface area contributed by atoms with Gasteiger partial charge in [-0.15, -0.1) is 0 Å². The third-order valence-corrected chi connectivity index (χ3v) is 5.74. The van der Waals surface area contributed by atoms with E-state index in [-0.39, 0.29) is 6.23 Å². The van der Waals surface area contributed by atoms with Crippen molar-refractivity contribution in [1.29, 1.82) is 0 Å². The van der Waals surface area contributed by atoms with Gasteiger partial charge in [-0.25, -0.2) is 0 Å². The van der Waals surface area contributed by atoms with Crippen molar-refractivity contribution in [3.63, 3.8) is 0 Å². The summed E-state index contributed by atoms with van der Waals surface area (Å²) >= 11 is 0. The Hall–Kier alpha value is -1.88. The van der Waals surface area contributed by atoms with Crippen LogP contribution in [-0.4, -0.2) is 28.4 Å². The molecular formula is C23H30N2O2. The Morgan fingerprint density at radius 3 is 2.44 bits per heavy atom. The van der Waals surface area contributed by atoms with Crippen molar-refractivity contribution in [1.82, 2.24) is 10.2 Å². The van der Waals surface area contributed by atoms with Crippen LogP contribution in [0, 0.1) is 0 Å². The van der Waals surface area contributed by atoms with E-state index >= 15 is 0 Å². The van der Waals surface area contributed by atoms with E-state index in [1.165, 1.54) is 42.4 Å². The molecule has 0 amide bonds. The van der Waals surface area contributed by atoms with Crippen molar-refractivity contribution in [2.24, 2.45) is 0 Å². The average Bonchev–Trinajstić information content (AvgIpc) is 3.34. The van der Waals surface area contributed by atoms with Gasteiger partial charge in [0.25, 0.3) is 0 Å². The highest BCUT2D eigenvalue weighted by atomic mass is 16.5. The fourth-order valence-electron chi connectivity index (χ4n) is 4.28. The van der Waals surface area contributed by atoms with Crippen LogP contribution in [0.4, 0.5) is 0 Å². The molecule has 1 aliphatic heterocycles. The third-order valence-electron chi connectivity index (χ3n) is 5.74. The predicted octanol–water partition coefficient (Wildman–Crippen LogP) is 3.82. The highest BCUT2D eigenvalue weighted by molar-refractivity contribution is 5.31. The smallest absolute Gasteiger partial charge is 0.179 e. The second-order valence-corrected chi connectivity index (χ2v) is 7.93. The highest BCUT2D eigenvalue weighted by Crippen LogP contribution is 2.27. The second-order valence-electron chi connectivity index (χ2n) is 7.93. The van der Waals surface area contributed by atoms with Gasteiger partial charge in [0, 0.05) is 25.7 Å². The number of aliphatic hydroxyl groups excluding tert-OH is 1. The molecule has 0 radical (unpaired) electrons. The van der Waals surface area contributed by atoms with E-state index in [1.54, 1.807) is 6.92 Å². The van der Waals surface area contributed by atoms with Crippen LogP contribution in [0.25, 0.3) is 0 Å². The zero-order valence-electron chi connectivity index (χ0n) is 16.1. The number of nitrogens with zero attached hydrogens (tertiary/aromatic N) is 1. The zero-order valence-corrected chi connectivity index (χ0v) is 16.1. The lowest BCUT2D eigenvalue weighted by atomic mass is 10.1. The Balaban J connectivity index is 1.41. The predicted molar refractivity (Wildman–Crippen MR) is 107 cm³/mol. The number of nitrogens with one attached hydrogen (secondary N) is 1. The lowest BCUT2D eigenvalue weighted by molar-refractivity contribution is -0.0613. The largest absolute Gasteiger partial charge is 0.472 e. The van der Waals surface area contributed by atoms with Crippen molar-refractivity contribution in [2.75, 3.05) is 0 Å². The number of hydrogen-bond donors (Lipinski definition) is 2. The molecule has 2 aliphatic rings. The van der Waals surface area contributed by atoms with E-state index in [2.05, 4.69) is 46.6 Å². The molecule has 2 atom stereocenters. The summed E-state index contributed by atoms with van der Waals surface area (Å²) in [6.07, 6.45) is 4.34. The van der Waals surface area contributed by atoms with Gasteiger partial charge in [0.1, 0.15) is 11.9 Å². The summed E-state index contributed by atoms with van der Waals surface area (Å²) in [6.45, 7) is 4.30. The molecular weight excluding hydrogens is 336 g/mol. The second kappa shape index (κ2) is 8.42. The molecule has 4 heteroatoms. The first-order valence-corrected chi connectivity index (χ1v) is 10.2. The molecule has 4 nitrogen and oxygen atoms in total. The first-order valence-electron chi connectivity index (χ1n) is 10.2. The van der Waals surface area contributed by atoms with Gasteiger partial charge >= 0.3 is 0 Å². The summed E-state index contributed by atoms with van der Waals surface area (Å²) < 4.78 is 6.25. The van der Waals surface area contributed by atoms with Crippen LogP contribution >= 0.6 is 0 Å². The molecule has 2 N–H and O–H groups in total. The Morgan fingerprint density at radius 2 is 1.78 bits per heavy atom. The zero-order chi connectivity index (χ0) is 18.6. The quantitative estimate of drug-likeness (QED) is 0.782. The molecule has 144 valence electrons. The summed E-state index contributed by atoms with van der Waals surface area (Å²) in [7, 11) is 0. The Kier molecular flexibility index (Phi) is 5.77. The first-order chi connectivity index (χ1) is 13.2. The number of rotatable bonds is 7. The van der Waals surface area contributed by atoms with Crippen LogP contribution < -0.4 is 10.1 Å². The van der Waals surface area contributed by atoms with Crippen LogP contribution in [0.2, 0.25) is 0 Å². The number of fused-ring (bicyclic) bond motifs is 1. The van der Waals surface area contributed by atoms with Crippen molar-refractivity contribution in [2.45, 2.75) is 70.6 Å². The SMILES string of the molecule is CC(O)C(Oc1cccc(CNC2CCCC2)c1)N1Cc2ccccc2C1. The molecule has 0 spiro atoms. The van der Waals surface area contributed by atoms with Crippen molar-refractivity contribution in [3.05, 3.63) is 65.2 Å². The van der Waals surface area contributed by atoms with E-state index in [0.717, 1.165) is 25.4 Å². The van der Waals surface area contributed by atoms with E-state index in [4.69, 9.17) is 4.74 Å². The minimum Gasteiger partial charge on any atom is -0.472 e. The minimum atomic E-state index is -0.570. The highest BCUT2D eigenvalue weighted by Gasteiger charge is 2.30. The normalized spacial score (nSPS) is 19.8. The maximum Gasteiger partial charge on any atom is 0.179 e.